The molecule has 0 atom stereocenters. The maximum atomic E-state index is 12.6. The molecule has 0 amide bonds. The number of hydrogen-bond donors (Lipinski definition) is 0. The topological polar surface area (TPSA) is 34.1 Å². The number of hydrogen-bond acceptors (Lipinski definition) is 2. The van der Waals surface area contributed by atoms with Gasteiger partial charge in [-0.25, -0.2) is 8.42 Å². The molecule has 0 radical (unpaired) electrons. The first-order valence-corrected chi connectivity index (χ1v) is 10.0. The molecular formula is C16H23BrO2S. The predicted octanol–water partition coefficient (Wildman–Crippen LogP) is 4.54. The Morgan fingerprint density at radius 2 is 1.70 bits per heavy atom. The van der Waals surface area contributed by atoms with E-state index in [0.717, 1.165) is 31.0 Å². The minimum Gasteiger partial charge on any atom is -0.224 e. The van der Waals surface area contributed by atoms with E-state index in [9.17, 15) is 8.42 Å². The average molecular weight is 359 g/mol. The average Bonchev–Trinajstić information content (AvgIpc) is 2.87. The van der Waals surface area contributed by atoms with Gasteiger partial charge in [0.15, 0.2) is 9.84 Å². The van der Waals surface area contributed by atoms with Crippen LogP contribution in [0, 0.1) is 5.41 Å². The highest BCUT2D eigenvalue weighted by molar-refractivity contribution is 9.09. The molecule has 0 saturated heterocycles. The molecule has 1 aliphatic carbocycles. The normalized spacial score (nSPS) is 18.6. The predicted molar refractivity (Wildman–Crippen MR) is 87.3 cm³/mol. The minimum absolute atomic E-state index is 0.0600. The Kier molecular flexibility index (Phi) is 4.96. The van der Waals surface area contributed by atoms with Gasteiger partial charge in [0, 0.05) is 5.33 Å². The van der Waals surface area contributed by atoms with Crippen molar-refractivity contribution in [2.75, 3.05) is 11.1 Å². The van der Waals surface area contributed by atoms with Crippen LogP contribution >= 0.6 is 15.9 Å². The third-order valence-electron chi connectivity index (χ3n) is 4.35. The fraction of sp³-hybridized carbons (Fsp3) is 0.625. The Morgan fingerprint density at radius 3 is 2.15 bits per heavy atom. The summed E-state index contributed by atoms with van der Waals surface area (Å²) in [7, 11) is -3.19. The lowest BCUT2D eigenvalue weighted by atomic mass is 9.92. The molecule has 2 rings (SSSR count). The zero-order chi connectivity index (χ0) is 14.8. The molecule has 1 aliphatic rings. The highest BCUT2D eigenvalue weighted by Crippen LogP contribution is 2.41. The van der Waals surface area contributed by atoms with Crippen LogP contribution in [-0.4, -0.2) is 19.5 Å². The van der Waals surface area contributed by atoms with Crippen LogP contribution < -0.4 is 0 Å². The van der Waals surface area contributed by atoms with Gasteiger partial charge in [-0.05, 0) is 41.9 Å². The van der Waals surface area contributed by atoms with Crippen molar-refractivity contribution in [2.45, 2.75) is 50.3 Å². The Labute approximate surface area is 131 Å². The summed E-state index contributed by atoms with van der Waals surface area (Å²) >= 11 is 3.52. The molecule has 1 aromatic carbocycles. The van der Waals surface area contributed by atoms with Crippen LogP contribution in [0.1, 0.15) is 51.0 Å². The van der Waals surface area contributed by atoms with Crippen molar-refractivity contribution in [1.82, 2.24) is 0 Å². The fourth-order valence-corrected chi connectivity index (χ4v) is 5.92. The summed E-state index contributed by atoms with van der Waals surface area (Å²) < 4.78 is 25.2. The number of rotatable bonds is 5. The van der Waals surface area contributed by atoms with Crippen LogP contribution in [0.25, 0.3) is 0 Å². The molecule has 4 heteroatoms. The molecule has 0 N–H and O–H groups in total. The van der Waals surface area contributed by atoms with E-state index in [1.54, 1.807) is 12.1 Å². The first-order valence-electron chi connectivity index (χ1n) is 7.27. The van der Waals surface area contributed by atoms with Gasteiger partial charge in [-0.15, -0.1) is 0 Å². The minimum atomic E-state index is -3.19. The number of halogens is 1. The molecule has 1 saturated carbocycles. The summed E-state index contributed by atoms with van der Waals surface area (Å²) in [5.41, 5.74) is 1.12. The van der Waals surface area contributed by atoms with Gasteiger partial charge in [-0.1, -0.05) is 54.8 Å². The van der Waals surface area contributed by atoms with Crippen molar-refractivity contribution in [2.24, 2.45) is 5.41 Å². The standard InChI is InChI=1S/C16H23BrO2S/c1-13(2)14-5-7-15(8-6-14)20(18,19)12-16(11-17)9-3-4-10-16/h5-8,13H,3-4,9-12H2,1-2H3. The second-order valence-corrected chi connectivity index (χ2v) is 8.87. The number of benzene rings is 1. The van der Waals surface area contributed by atoms with Gasteiger partial charge >= 0.3 is 0 Å². The Balaban J connectivity index is 2.21. The summed E-state index contributed by atoms with van der Waals surface area (Å²) in [4.78, 5) is 0.467. The molecule has 1 aromatic rings. The molecule has 112 valence electrons. The van der Waals surface area contributed by atoms with E-state index in [1.165, 1.54) is 5.56 Å². The van der Waals surface area contributed by atoms with Crippen molar-refractivity contribution in [3.8, 4) is 0 Å². The maximum Gasteiger partial charge on any atom is 0.178 e. The fourth-order valence-electron chi connectivity index (χ4n) is 2.99. The SMILES string of the molecule is CC(C)c1ccc(S(=O)(=O)CC2(CBr)CCCC2)cc1. The van der Waals surface area contributed by atoms with E-state index in [4.69, 9.17) is 0 Å². The van der Waals surface area contributed by atoms with Crippen LogP contribution in [0.5, 0.6) is 0 Å². The van der Waals surface area contributed by atoms with E-state index in [2.05, 4.69) is 29.8 Å². The van der Waals surface area contributed by atoms with Gasteiger partial charge in [0.2, 0.25) is 0 Å². The third kappa shape index (κ3) is 3.45. The van der Waals surface area contributed by atoms with Crippen LogP contribution in [0.15, 0.2) is 29.2 Å². The summed E-state index contributed by atoms with van der Waals surface area (Å²) in [5, 5.41) is 0.781. The van der Waals surface area contributed by atoms with Crippen molar-refractivity contribution in [3.05, 3.63) is 29.8 Å². The molecule has 0 spiro atoms. The first kappa shape index (κ1) is 16.0. The summed E-state index contributed by atoms with van der Waals surface area (Å²) in [6, 6.07) is 7.41. The lowest BCUT2D eigenvalue weighted by Gasteiger charge is -2.26. The highest BCUT2D eigenvalue weighted by Gasteiger charge is 2.37. The molecule has 2 nitrogen and oxygen atoms in total. The van der Waals surface area contributed by atoms with Gasteiger partial charge < -0.3 is 0 Å². The van der Waals surface area contributed by atoms with Crippen LogP contribution in [0.4, 0.5) is 0 Å². The number of sulfone groups is 1. The van der Waals surface area contributed by atoms with E-state index >= 15 is 0 Å². The Morgan fingerprint density at radius 1 is 1.15 bits per heavy atom. The molecule has 0 heterocycles. The van der Waals surface area contributed by atoms with Crippen molar-refractivity contribution in [1.29, 1.82) is 0 Å². The molecule has 0 unspecified atom stereocenters. The number of alkyl halides is 1. The summed E-state index contributed by atoms with van der Waals surface area (Å²) in [6.07, 6.45) is 4.32. The lowest BCUT2D eigenvalue weighted by molar-refractivity contribution is 0.394. The van der Waals surface area contributed by atoms with Crippen LogP contribution in [0.2, 0.25) is 0 Å². The van der Waals surface area contributed by atoms with Crippen molar-refractivity contribution < 1.29 is 8.42 Å². The second kappa shape index (κ2) is 6.18. The monoisotopic (exact) mass is 358 g/mol. The first-order chi connectivity index (χ1) is 9.38. The van der Waals surface area contributed by atoms with Crippen molar-refractivity contribution >= 4 is 25.8 Å². The quantitative estimate of drug-likeness (QED) is 0.724. The van der Waals surface area contributed by atoms with Crippen LogP contribution in [0.3, 0.4) is 0 Å². The zero-order valence-electron chi connectivity index (χ0n) is 12.2. The van der Waals surface area contributed by atoms with Gasteiger partial charge in [0.1, 0.15) is 0 Å². The van der Waals surface area contributed by atoms with Crippen LogP contribution in [-0.2, 0) is 9.84 Å². The van der Waals surface area contributed by atoms with Gasteiger partial charge in [-0.2, -0.15) is 0 Å². The zero-order valence-corrected chi connectivity index (χ0v) is 14.6. The van der Waals surface area contributed by atoms with Gasteiger partial charge in [0.05, 0.1) is 10.6 Å². The van der Waals surface area contributed by atoms with E-state index in [0.29, 0.717) is 10.8 Å². The van der Waals surface area contributed by atoms with Gasteiger partial charge in [-0.3, -0.25) is 0 Å². The second-order valence-electron chi connectivity index (χ2n) is 6.32. The maximum absolute atomic E-state index is 12.6. The Bertz CT molecular complexity index is 540. The van der Waals surface area contributed by atoms with E-state index in [-0.39, 0.29) is 11.2 Å². The largest absolute Gasteiger partial charge is 0.224 e. The molecule has 0 aliphatic heterocycles. The third-order valence-corrected chi connectivity index (χ3v) is 7.52. The summed E-state index contributed by atoms with van der Waals surface area (Å²) in [5.74, 6) is 0.696. The summed E-state index contributed by atoms with van der Waals surface area (Å²) in [6.45, 7) is 4.23. The molecule has 20 heavy (non-hydrogen) atoms. The molecule has 0 aromatic heterocycles. The van der Waals surface area contributed by atoms with E-state index in [1.807, 2.05) is 12.1 Å². The molecule has 1 fully saturated rings. The molecule has 0 bridgehead atoms. The van der Waals surface area contributed by atoms with Gasteiger partial charge in [0.25, 0.3) is 0 Å². The highest BCUT2D eigenvalue weighted by atomic mass is 79.9. The molecular weight excluding hydrogens is 336 g/mol. The lowest BCUT2D eigenvalue weighted by Crippen LogP contribution is -2.29. The smallest absolute Gasteiger partial charge is 0.178 e. The van der Waals surface area contributed by atoms with Crippen molar-refractivity contribution in [3.63, 3.8) is 0 Å². The Hall–Kier alpha value is -0.350. The van der Waals surface area contributed by atoms with E-state index < -0.39 is 9.84 Å².